The second-order valence-corrected chi connectivity index (χ2v) is 27.6. The number of methoxy groups -OCH3 is 3. The number of alkyl halides is 3. The van der Waals surface area contributed by atoms with Crippen LogP contribution in [0.1, 0.15) is 190 Å². The summed E-state index contributed by atoms with van der Waals surface area (Å²) in [5.41, 5.74) is 10.5. The molecule has 0 N–H and O–H groups in total. The Morgan fingerprint density at radius 2 is 0.750 bits per heavy atom. The van der Waals surface area contributed by atoms with Crippen molar-refractivity contribution in [1.82, 2.24) is 34.6 Å². The molecule has 0 saturated heterocycles. The number of carbonyl (C=O) groups is 4. The molecule has 3 aromatic carbocycles. The Labute approximate surface area is 619 Å². The van der Waals surface area contributed by atoms with Gasteiger partial charge in [-0.1, -0.05) is 80.5 Å². The molecule has 0 spiro atoms. The molecule has 20 nitrogen and oxygen atoms in total. The number of fused-ring (bicyclic) bond motifs is 3. The number of hydrogen-bond acceptors (Lipinski definition) is 17. The monoisotopic (exact) mass is 1470 g/mol. The van der Waals surface area contributed by atoms with Crippen LogP contribution in [0.5, 0.6) is 34.5 Å². The summed E-state index contributed by atoms with van der Waals surface area (Å²) in [6, 6.07) is 28.2. The highest BCUT2D eigenvalue weighted by Gasteiger charge is 2.47. The summed E-state index contributed by atoms with van der Waals surface area (Å²) in [5.74, 6) is 2.84. The molecule has 3 aliphatic heterocycles. The smallest absolute Gasteiger partial charge is 0.471 e. The molecule has 572 valence electrons. The van der Waals surface area contributed by atoms with Crippen LogP contribution in [-0.2, 0) is 58.1 Å². The SMILES string of the molecule is CC(C)OC(=O)Cl.CCN(CC)CC.COc1ccc(C)nc1COc1ccc2c(c1)CCN(C(=O)C(F)(F)F)[C@H]2C(C)C.COc1ccc(C)nc1COc1ccc2c(c1)CCN(C(=O)OC(C)C)[C@H]2C(C)C.COc1ccc(C)nc1COc1ccc2c(c1)CCN(C(=O)OC(C)C)[C@H]2C(C)C. The van der Waals surface area contributed by atoms with E-state index in [1.165, 1.54) is 30.8 Å². The lowest BCUT2D eigenvalue weighted by molar-refractivity contribution is -0.189. The Hall–Kier alpha value is -8.57. The van der Waals surface area contributed by atoms with E-state index in [0.29, 0.717) is 49.9 Å². The van der Waals surface area contributed by atoms with Gasteiger partial charge in [0.15, 0.2) is 0 Å². The van der Waals surface area contributed by atoms with Gasteiger partial charge in [-0.15, -0.1) is 0 Å². The molecule has 24 heteroatoms. The summed E-state index contributed by atoms with van der Waals surface area (Å²) in [5, 5.41) is 0. The molecule has 3 atom stereocenters. The zero-order chi connectivity index (χ0) is 77.3. The van der Waals surface area contributed by atoms with Crippen molar-refractivity contribution in [2.75, 3.05) is 60.6 Å². The second-order valence-electron chi connectivity index (χ2n) is 27.3. The highest BCUT2D eigenvalue weighted by molar-refractivity contribution is 6.61. The van der Waals surface area contributed by atoms with Crippen LogP contribution in [0.25, 0.3) is 0 Å². The zero-order valence-electron chi connectivity index (χ0n) is 64.8. The van der Waals surface area contributed by atoms with Gasteiger partial charge in [0.1, 0.15) is 71.4 Å². The predicted octanol–water partition coefficient (Wildman–Crippen LogP) is 17.9. The third kappa shape index (κ3) is 25.4. The number of halogens is 4. The molecule has 6 heterocycles. The van der Waals surface area contributed by atoms with Crippen molar-refractivity contribution in [2.45, 2.75) is 206 Å². The van der Waals surface area contributed by atoms with Gasteiger partial charge in [-0.3, -0.25) is 19.7 Å². The molecule has 0 bridgehead atoms. The first-order chi connectivity index (χ1) is 49.2. The van der Waals surface area contributed by atoms with Gasteiger partial charge in [0.25, 0.3) is 0 Å². The van der Waals surface area contributed by atoms with Crippen molar-refractivity contribution in [1.29, 1.82) is 0 Å². The van der Waals surface area contributed by atoms with Crippen LogP contribution in [0.4, 0.5) is 27.6 Å². The number of benzene rings is 3. The third-order valence-electron chi connectivity index (χ3n) is 17.4. The first-order valence-corrected chi connectivity index (χ1v) is 36.3. The van der Waals surface area contributed by atoms with Gasteiger partial charge >= 0.3 is 29.7 Å². The van der Waals surface area contributed by atoms with E-state index in [0.717, 1.165) is 91.5 Å². The van der Waals surface area contributed by atoms with Crippen LogP contribution in [0.3, 0.4) is 0 Å². The third-order valence-corrected chi connectivity index (χ3v) is 17.5. The fourth-order valence-corrected chi connectivity index (χ4v) is 12.8. The lowest BCUT2D eigenvalue weighted by Crippen LogP contribution is -2.48. The van der Waals surface area contributed by atoms with Crippen molar-refractivity contribution < 1.29 is 75.0 Å². The number of amides is 3. The van der Waals surface area contributed by atoms with Gasteiger partial charge in [-0.2, -0.15) is 13.2 Å². The summed E-state index contributed by atoms with van der Waals surface area (Å²) < 4.78 is 88.5. The maximum Gasteiger partial charge on any atom is 0.471 e. The number of ether oxygens (including phenoxy) is 9. The highest BCUT2D eigenvalue weighted by atomic mass is 35.5. The van der Waals surface area contributed by atoms with Gasteiger partial charge < -0.3 is 62.2 Å². The fourth-order valence-electron chi connectivity index (χ4n) is 12.6. The van der Waals surface area contributed by atoms with Crippen LogP contribution in [0, 0.1) is 38.5 Å². The first-order valence-electron chi connectivity index (χ1n) is 35.9. The molecule has 0 unspecified atom stereocenters. The summed E-state index contributed by atoms with van der Waals surface area (Å²) in [6.45, 7) is 41.2. The Morgan fingerprint density at radius 3 is 0.981 bits per heavy atom. The van der Waals surface area contributed by atoms with Crippen LogP contribution in [0.15, 0.2) is 91.0 Å². The van der Waals surface area contributed by atoms with E-state index in [1.807, 2.05) is 127 Å². The molecular formula is C80H111ClF3N7O13. The molecule has 3 aliphatic rings. The summed E-state index contributed by atoms with van der Waals surface area (Å²) in [7, 11) is 4.84. The average molecular weight is 1470 g/mol. The molecule has 3 aromatic heterocycles. The number of aryl methyl sites for hydroxylation is 3. The van der Waals surface area contributed by atoms with E-state index >= 15 is 0 Å². The molecule has 9 rings (SSSR count). The maximum absolute atomic E-state index is 13.0. The minimum absolute atomic E-state index is 0.00687. The largest absolute Gasteiger partial charge is 0.495 e. The highest BCUT2D eigenvalue weighted by Crippen LogP contribution is 2.42. The molecule has 0 radical (unpaired) electrons. The number of rotatable bonds is 21. The quantitative estimate of drug-likeness (QED) is 0.0485. The van der Waals surface area contributed by atoms with E-state index in [2.05, 4.69) is 97.3 Å². The van der Waals surface area contributed by atoms with Crippen molar-refractivity contribution >= 4 is 35.1 Å². The van der Waals surface area contributed by atoms with Crippen molar-refractivity contribution in [3.8, 4) is 34.5 Å². The number of nitrogens with zero attached hydrogens (tertiary/aromatic N) is 7. The minimum Gasteiger partial charge on any atom is -0.495 e. The van der Waals surface area contributed by atoms with E-state index in [4.69, 9.17) is 49.5 Å². The zero-order valence-corrected chi connectivity index (χ0v) is 65.5. The lowest BCUT2D eigenvalue weighted by Gasteiger charge is -2.40. The van der Waals surface area contributed by atoms with Crippen LogP contribution in [0.2, 0.25) is 0 Å². The van der Waals surface area contributed by atoms with Crippen molar-refractivity contribution in [3.63, 3.8) is 0 Å². The Bertz CT molecular complexity index is 3580. The molecule has 0 saturated carbocycles. The Kier molecular flexibility index (Phi) is 34.1. The van der Waals surface area contributed by atoms with Crippen LogP contribution < -0.4 is 28.4 Å². The molecule has 6 aromatic rings. The normalized spacial score (nSPS) is 15.2. The fraction of sp³-hybridized carbons (Fsp3) is 0.537. The minimum atomic E-state index is -4.88. The van der Waals surface area contributed by atoms with Gasteiger partial charge in [-0.05, 0) is 225 Å². The second kappa shape index (κ2) is 41.2. The summed E-state index contributed by atoms with van der Waals surface area (Å²) in [6.07, 6.45) is -3.85. The molecule has 0 fully saturated rings. The molecular weight excluding hydrogens is 1360 g/mol. The average Bonchev–Trinajstić information content (AvgIpc) is 0.788. The standard InChI is InChI=1S/2C24H32N2O4.C22H25F3N2O3.C6H15N.C4H7ClO2/c2*1-15(2)23-20-9-8-19(29-14-21-22(28-6)10-7-17(5)25-21)13-18(20)11-12-26(23)24(27)30-16(3)4;1-13(2)20-17-7-6-16(30-12-18-19(29-4)8-5-14(3)26-18)11-15(17)9-10-27(20)21(28)22(23,24)25;1-4-7(5-2)6-3;1-3(2)7-4(5)6/h2*7-10,13,15-16,23H,11-12,14H2,1-6H3;5-8,11,13,20H,9-10,12H2,1-4H3;4-6H2,1-3H3;3H,1-2H3/t2*23-;20-;;/m000../s1. The lowest BCUT2D eigenvalue weighted by atomic mass is 9.86. The maximum atomic E-state index is 13.0. The van der Waals surface area contributed by atoms with Crippen molar-refractivity contribution in [3.05, 3.63) is 159 Å². The van der Waals surface area contributed by atoms with E-state index in [1.54, 1.807) is 47.3 Å². The molecule has 0 aliphatic carbocycles. The number of hydrogen-bond donors (Lipinski definition) is 0. The molecule has 3 amide bonds. The number of carbonyl (C=O) groups excluding carboxylic acids is 4. The van der Waals surface area contributed by atoms with E-state index < -0.39 is 23.6 Å². The number of pyridine rings is 3. The molecule has 104 heavy (non-hydrogen) atoms. The van der Waals surface area contributed by atoms with Crippen molar-refractivity contribution in [2.24, 2.45) is 17.8 Å². The number of aromatic nitrogens is 3. The van der Waals surface area contributed by atoms with Crippen LogP contribution in [-0.4, -0.2) is 143 Å². The van der Waals surface area contributed by atoms with Gasteiger partial charge in [0, 0.05) is 48.3 Å². The van der Waals surface area contributed by atoms with Crippen LogP contribution >= 0.6 is 11.6 Å². The van der Waals surface area contributed by atoms with Gasteiger partial charge in [0.05, 0.1) is 57.8 Å². The summed E-state index contributed by atoms with van der Waals surface area (Å²) in [4.78, 5) is 67.4. The Morgan fingerprint density at radius 1 is 0.462 bits per heavy atom. The predicted molar refractivity (Wildman–Crippen MR) is 398 cm³/mol. The van der Waals surface area contributed by atoms with Gasteiger partial charge in [0.2, 0.25) is 0 Å². The summed E-state index contributed by atoms with van der Waals surface area (Å²) >= 11 is 4.81. The Balaban J connectivity index is 0.000000256. The first kappa shape index (κ1) is 86.1. The van der Waals surface area contributed by atoms with Gasteiger partial charge in [-0.25, -0.2) is 14.4 Å². The van der Waals surface area contributed by atoms with E-state index in [-0.39, 0.29) is 73.5 Å². The van der Waals surface area contributed by atoms with E-state index in [9.17, 15) is 32.3 Å². The topological polar surface area (TPSA) is 203 Å².